The largest absolute Gasteiger partial charge is 0.389 e. The number of aryl methyl sites for hydroxylation is 1. The molecule has 0 amide bonds. The van der Waals surface area contributed by atoms with Crippen LogP contribution in [0.4, 0.5) is 0 Å². The fraction of sp³-hybridized carbons (Fsp3) is 0.391. The van der Waals surface area contributed by atoms with Gasteiger partial charge in [0.25, 0.3) is 0 Å². The normalized spacial score (nSPS) is 31.8. The van der Waals surface area contributed by atoms with Gasteiger partial charge in [0.2, 0.25) is 6.04 Å². The van der Waals surface area contributed by atoms with Crippen LogP contribution < -0.4 is 0 Å². The molecule has 0 spiro atoms. The van der Waals surface area contributed by atoms with Gasteiger partial charge in [-0.1, -0.05) is 60.2 Å². The van der Waals surface area contributed by atoms with Gasteiger partial charge in [-0.2, -0.15) is 0 Å². The number of aliphatic hydroxyl groups is 1. The minimum atomic E-state index is -1.73. The van der Waals surface area contributed by atoms with Crippen molar-refractivity contribution in [1.82, 2.24) is 0 Å². The molecule has 0 aromatic heterocycles. The summed E-state index contributed by atoms with van der Waals surface area (Å²) in [6.07, 6.45) is 0.568. The first-order valence-electron chi connectivity index (χ1n) is 9.63. The van der Waals surface area contributed by atoms with E-state index in [-0.39, 0.29) is 5.78 Å². The van der Waals surface area contributed by atoms with E-state index in [9.17, 15) is 24.8 Å². The molecule has 152 valence electrons. The molecule has 0 saturated heterocycles. The van der Waals surface area contributed by atoms with Gasteiger partial charge < -0.3 is 9.90 Å². The maximum atomic E-state index is 12.6. The van der Waals surface area contributed by atoms with Crippen LogP contribution in [0.2, 0.25) is 0 Å². The van der Waals surface area contributed by atoms with Gasteiger partial charge >= 0.3 is 0 Å². The lowest BCUT2D eigenvalue weighted by Gasteiger charge is -2.49. The molecule has 0 aliphatic heterocycles. The first kappa shape index (κ1) is 20.9. The Morgan fingerprint density at radius 1 is 1.07 bits per heavy atom. The van der Waals surface area contributed by atoms with E-state index in [2.05, 4.69) is 0 Å². The average Bonchev–Trinajstić information content (AvgIpc) is 2.67. The van der Waals surface area contributed by atoms with Gasteiger partial charge in [0.05, 0.1) is 29.3 Å². The summed E-state index contributed by atoms with van der Waals surface area (Å²) in [6, 6.07) is 14.7. The Kier molecular flexibility index (Phi) is 5.66. The molecule has 1 aliphatic carbocycles. The highest BCUT2D eigenvalue weighted by Crippen LogP contribution is 2.53. The van der Waals surface area contributed by atoms with Gasteiger partial charge in [-0.3, -0.25) is 14.9 Å². The zero-order valence-corrected chi connectivity index (χ0v) is 16.7. The summed E-state index contributed by atoms with van der Waals surface area (Å²) in [5.74, 6) is -4.25. The molecule has 1 fully saturated rings. The Hall–Kier alpha value is -2.86. The van der Waals surface area contributed by atoms with Crippen molar-refractivity contribution in [3.05, 3.63) is 81.4 Å². The number of carbonyl (C=O) groups is 2. The maximum Gasteiger partial charge on any atom is 0.228 e. The summed E-state index contributed by atoms with van der Waals surface area (Å²) < 4.78 is 0. The third-order valence-electron chi connectivity index (χ3n) is 6.26. The standard InChI is InChI=1S/C23H25NO5/c1-14-9-11-17(12-10-14)19-18(13-25)23(3,27)21(15(2)26)20(22(19)24(28)29)16-7-5-4-6-8-16/h4-13,18-22,27H,1-3H3/t18-,19-,20+,21+,22-,23-/m0/s1. The molecule has 2 aromatic rings. The molecule has 29 heavy (non-hydrogen) atoms. The van der Waals surface area contributed by atoms with Gasteiger partial charge in [0, 0.05) is 4.92 Å². The third-order valence-corrected chi connectivity index (χ3v) is 6.26. The topological polar surface area (TPSA) is 97.5 Å². The smallest absolute Gasteiger partial charge is 0.228 e. The van der Waals surface area contributed by atoms with Crippen LogP contribution in [0.15, 0.2) is 54.6 Å². The number of aldehydes is 1. The minimum Gasteiger partial charge on any atom is -0.389 e. The van der Waals surface area contributed by atoms with E-state index in [1.54, 1.807) is 42.5 Å². The van der Waals surface area contributed by atoms with Gasteiger partial charge in [-0.15, -0.1) is 0 Å². The second-order valence-corrected chi connectivity index (χ2v) is 8.12. The monoisotopic (exact) mass is 395 g/mol. The zero-order valence-electron chi connectivity index (χ0n) is 16.7. The molecule has 0 heterocycles. The maximum absolute atomic E-state index is 12.6. The highest BCUT2D eigenvalue weighted by atomic mass is 16.6. The lowest BCUT2D eigenvalue weighted by molar-refractivity contribution is -0.539. The summed E-state index contributed by atoms with van der Waals surface area (Å²) in [5.41, 5.74) is 0.475. The Balaban J connectivity index is 2.29. The number of carbonyl (C=O) groups excluding carboxylic acids is 2. The first-order chi connectivity index (χ1) is 13.7. The Morgan fingerprint density at radius 3 is 2.10 bits per heavy atom. The van der Waals surface area contributed by atoms with E-state index < -0.39 is 40.2 Å². The molecule has 6 atom stereocenters. The fourth-order valence-electron chi connectivity index (χ4n) is 4.97. The average molecular weight is 395 g/mol. The highest BCUT2D eigenvalue weighted by Gasteiger charge is 2.63. The van der Waals surface area contributed by atoms with Crippen LogP contribution in [0.5, 0.6) is 0 Å². The molecule has 0 radical (unpaired) electrons. The predicted molar refractivity (Wildman–Crippen MR) is 108 cm³/mol. The van der Waals surface area contributed by atoms with E-state index in [0.29, 0.717) is 17.4 Å². The molecule has 2 aromatic carbocycles. The lowest BCUT2D eigenvalue weighted by Crippen LogP contribution is -2.61. The number of nitro groups is 1. The van der Waals surface area contributed by atoms with Gasteiger partial charge in [-0.05, 0) is 31.9 Å². The van der Waals surface area contributed by atoms with E-state index >= 15 is 0 Å². The summed E-state index contributed by atoms with van der Waals surface area (Å²) >= 11 is 0. The number of benzene rings is 2. The van der Waals surface area contributed by atoms with Crippen molar-refractivity contribution in [2.45, 2.75) is 44.2 Å². The van der Waals surface area contributed by atoms with Gasteiger partial charge in [0.15, 0.2) is 0 Å². The van der Waals surface area contributed by atoms with E-state index in [4.69, 9.17) is 0 Å². The second-order valence-electron chi connectivity index (χ2n) is 8.12. The van der Waals surface area contributed by atoms with Crippen LogP contribution >= 0.6 is 0 Å². The van der Waals surface area contributed by atoms with E-state index in [1.165, 1.54) is 13.8 Å². The molecular formula is C23H25NO5. The number of Topliss-reactive ketones (excluding diaryl/α,β-unsaturated/α-hetero) is 1. The van der Waals surface area contributed by atoms with Crippen LogP contribution in [0.3, 0.4) is 0 Å². The molecule has 6 nitrogen and oxygen atoms in total. The molecule has 1 saturated carbocycles. The summed E-state index contributed by atoms with van der Waals surface area (Å²) in [5, 5.41) is 23.7. The number of nitrogens with zero attached hydrogens (tertiary/aromatic N) is 1. The van der Waals surface area contributed by atoms with E-state index in [0.717, 1.165) is 5.56 Å². The van der Waals surface area contributed by atoms with Crippen molar-refractivity contribution in [3.8, 4) is 0 Å². The Labute approximate surface area is 169 Å². The van der Waals surface area contributed by atoms with Crippen molar-refractivity contribution < 1.29 is 19.6 Å². The quantitative estimate of drug-likeness (QED) is 0.476. The van der Waals surface area contributed by atoms with Crippen LogP contribution in [0, 0.1) is 28.9 Å². The molecular weight excluding hydrogens is 370 g/mol. The van der Waals surface area contributed by atoms with Crippen LogP contribution in [-0.4, -0.2) is 33.7 Å². The zero-order chi connectivity index (χ0) is 21.3. The minimum absolute atomic E-state index is 0.370. The number of rotatable bonds is 5. The van der Waals surface area contributed by atoms with Gasteiger partial charge in [0.1, 0.15) is 12.1 Å². The number of hydrogen-bond acceptors (Lipinski definition) is 5. The summed E-state index contributed by atoms with van der Waals surface area (Å²) in [6.45, 7) is 4.67. The molecule has 1 N–H and O–H groups in total. The number of ketones is 1. The van der Waals surface area contributed by atoms with Crippen molar-refractivity contribution in [1.29, 1.82) is 0 Å². The predicted octanol–water partition coefficient (Wildman–Crippen LogP) is 3.29. The molecule has 1 aliphatic rings. The second kappa shape index (κ2) is 7.87. The fourth-order valence-corrected chi connectivity index (χ4v) is 4.97. The van der Waals surface area contributed by atoms with Crippen LogP contribution in [0.1, 0.15) is 42.4 Å². The third kappa shape index (κ3) is 3.60. The van der Waals surface area contributed by atoms with Crippen molar-refractivity contribution in [2.24, 2.45) is 11.8 Å². The lowest BCUT2D eigenvalue weighted by atomic mass is 9.54. The molecule has 6 heteroatoms. The van der Waals surface area contributed by atoms with Crippen LogP contribution in [-0.2, 0) is 9.59 Å². The summed E-state index contributed by atoms with van der Waals surface area (Å²) in [4.78, 5) is 36.7. The van der Waals surface area contributed by atoms with Crippen molar-refractivity contribution >= 4 is 12.1 Å². The molecule has 0 bridgehead atoms. The van der Waals surface area contributed by atoms with E-state index in [1.807, 2.05) is 19.1 Å². The summed E-state index contributed by atoms with van der Waals surface area (Å²) in [7, 11) is 0. The first-order valence-corrected chi connectivity index (χ1v) is 9.63. The van der Waals surface area contributed by atoms with Crippen LogP contribution in [0.25, 0.3) is 0 Å². The highest BCUT2D eigenvalue weighted by molar-refractivity contribution is 5.82. The van der Waals surface area contributed by atoms with Crippen molar-refractivity contribution in [2.75, 3.05) is 0 Å². The Morgan fingerprint density at radius 2 is 1.62 bits per heavy atom. The SMILES string of the molecule is CC(=O)[C@@H]1[C@@H](c2ccccc2)[C@@H]([N+](=O)[O-])[C@@H](c2ccc(C)cc2)[C@H](C=O)[C@]1(C)O. The molecule has 3 rings (SSSR count). The van der Waals surface area contributed by atoms with Gasteiger partial charge in [-0.25, -0.2) is 0 Å². The Bertz CT molecular complexity index is 907. The van der Waals surface area contributed by atoms with Crippen molar-refractivity contribution in [3.63, 3.8) is 0 Å². The number of hydrogen-bond donors (Lipinski definition) is 1. The molecule has 0 unspecified atom stereocenters.